The number of hydrogen-bond acceptors (Lipinski definition) is 2. The molecule has 0 aromatic heterocycles. The molecule has 2 nitrogen and oxygen atoms in total. The zero-order valence-corrected chi connectivity index (χ0v) is 9.12. The molecular weight excluding hydrogens is 174 g/mol. The summed E-state index contributed by atoms with van der Waals surface area (Å²) in [6.07, 6.45) is -0.387. The van der Waals surface area contributed by atoms with E-state index in [9.17, 15) is 5.11 Å². The third-order valence-corrected chi connectivity index (χ3v) is 2.80. The van der Waals surface area contributed by atoms with E-state index in [0.717, 1.165) is 5.56 Å². The maximum absolute atomic E-state index is 9.55. The van der Waals surface area contributed by atoms with Crippen LogP contribution in [0.4, 0.5) is 0 Å². The second kappa shape index (κ2) is 4.58. The quantitative estimate of drug-likeness (QED) is 0.768. The molecule has 0 heterocycles. The molecule has 0 aliphatic heterocycles. The number of aryl methyl sites for hydroxylation is 2. The Bertz CT molecular complexity index is 307. The first kappa shape index (κ1) is 11.2. The van der Waals surface area contributed by atoms with E-state index < -0.39 is 0 Å². The fourth-order valence-electron chi connectivity index (χ4n) is 1.61. The van der Waals surface area contributed by atoms with Gasteiger partial charge in [-0.15, -0.1) is 0 Å². The van der Waals surface area contributed by atoms with Gasteiger partial charge in [0.15, 0.2) is 0 Å². The molecular formula is C12H19NO. The van der Waals surface area contributed by atoms with Gasteiger partial charge in [0, 0.05) is 12.5 Å². The van der Waals surface area contributed by atoms with Crippen molar-refractivity contribution in [3.63, 3.8) is 0 Å². The van der Waals surface area contributed by atoms with E-state index in [1.165, 1.54) is 11.1 Å². The van der Waals surface area contributed by atoms with Crippen LogP contribution in [0.2, 0.25) is 0 Å². The summed E-state index contributed by atoms with van der Waals surface area (Å²) in [7, 11) is 0. The predicted molar refractivity (Wildman–Crippen MR) is 59.4 cm³/mol. The zero-order chi connectivity index (χ0) is 10.7. The van der Waals surface area contributed by atoms with Crippen molar-refractivity contribution in [2.75, 3.05) is 6.54 Å². The number of rotatable bonds is 3. The SMILES string of the molecule is Cc1ccc(C(CN)C(C)O)cc1C. The summed E-state index contributed by atoms with van der Waals surface area (Å²) in [5, 5.41) is 9.55. The molecule has 0 saturated heterocycles. The maximum Gasteiger partial charge on any atom is 0.0592 e. The lowest BCUT2D eigenvalue weighted by Gasteiger charge is -2.19. The van der Waals surface area contributed by atoms with Crippen molar-refractivity contribution in [2.24, 2.45) is 5.73 Å². The lowest BCUT2D eigenvalue weighted by atomic mass is 9.92. The largest absolute Gasteiger partial charge is 0.393 e. The molecule has 0 bridgehead atoms. The number of aliphatic hydroxyl groups is 1. The summed E-state index contributed by atoms with van der Waals surface area (Å²) in [5.41, 5.74) is 9.29. The van der Waals surface area contributed by atoms with Gasteiger partial charge >= 0.3 is 0 Å². The summed E-state index contributed by atoms with van der Waals surface area (Å²) >= 11 is 0. The molecule has 2 atom stereocenters. The average Bonchev–Trinajstić information content (AvgIpc) is 2.11. The highest BCUT2D eigenvalue weighted by Gasteiger charge is 2.15. The highest BCUT2D eigenvalue weighted by molar-refractivity contribution is 5.32. The Hall–Kier alpha value is -0.860. The zero-order valence-electron chi connectivity index (χ0n) is 9.12. The first-order valence-corrected chi connectivity index (χ1v) is 5.01. The van der Waals surface area contributed by atoms with Crippen LogP contribution in [0.5, 0.6) is 0 Å². The van der Waals surface area contributed by atoms with Gasteiger partial charge in [-0.05, 0) is 37.5 Å². The van der Waals surface area contributed by atoms with E-state index in [-0.39, 0.29) is 12.0 Å². The molecule has 1 rings (SSSR count). The molecule has 2 heteroatoms. The third kappa shape index (κ3) is 2.34. The lowest BCUT2D eigenvalue weighted by Crippen LogP contribution is -2.23. The Morgan fingerprint density at radius 1 is 1.29 bits per heavy atom. The fraction of sp³-hybridized carbons (Fsp3) is 0.500. The monoisotopic (exact) mass is 193 g/mol. The van der Waals surface area contributed by atoms with E-state index in [1.54, 1.807) is 6.92 Å². The van der Waals surface area contributed by atoms with Crippen LogP contribution in [0.1, 0.15) is 29.5 Å². The van der Waals surface area contributed by atoms with Gasteiger partial charge in [0.1, 0.15) is 0 Å². The smallest absolute Gasteiger partial charge is 0.0592 e. The predicted octanol–water partition coefficient (Wildman–Crippen LogP) is 1.73. The van der Waals surface area contributed by atoms with Gasteiger partial charge in [-0.1, -0.05) is 18.2 Å². The van der Waals surface area contributed by atoms with Gasteiger partial charge in [0.2, 0.25) is 0 Å². The number of nitrogens with two attached hydrogens (primary N) is 1. The minimum atomic E-state index is -0.387. The molecule has 0 spiro atoms. The number of benzene rings is 1. The minimum Gasteiger partial charge on any atom is -0.393 e. The Kier molecular flexibility index (Phi) is 3.67. The highest BCUT2D eigenvalue weighted by Crippen LogP contribution is 2.21. The fourth-order valence-corrected chi connectivity index (χ4v) is 1.61. The van der Waals surface area contributed by atoms with Crippen LogP contribution >= 0.6 is 0 Å². The molecule has 0 radical (unpaired) electrons. The van der Waals surface area contributed by atoms with E-state index in [1.807, 2.05) is 6.07 Å². The topological polar surface area (TPSA) is 46.2 Å². The molecule has 1 aromatic carbocycles. The van der Waals surface area contributed by atoms with Crippen LogP contribution < -0.4 is 5.73 Å². The van der Waals surface area contributed by atoms with E-state index >= 15 is 0 Å². The summed E-state index contributed by atoms with van der Waals surface area (Å²) in [4.78, 5) is 0. The summed E-state index contributed by atoms with van der Waals surface area (Å²) in [6.45, 7) is 6.43. The van der Waals surface area contributed by atoms with Crippen molar-refractivity contribution in [2.45, 2.75) is 32.8 Å². The van der Waals surface area contributed by atoms with Crippen LogP contribution in [0.3, 0.4) is 0 Å². The van der Waals surface area contributed by atoms with Crippen LogP contribution in [0, 0.1) is 13.8 Å². The van der Waals surface area contributed by atoms with Crippen LogP contribution in [-0.4, -0.2) is 17.8 Å². The second-order valence-electron chi connectivity index (χ2n) is 3.93. The van der Waals surface area contributed by atoms with E-state index in [2.05, 4.69) is 26.0 Å². The van der Waals surface area contributed by atoms with Crippen molar-refractivity contribution in [1.82, 2.24) is 0 Å². The number of hydrogen-bond donors (Lipinski definition) is 2. The number of aliphatic hydroxyl groups excluding tert-OH is 1. The second-order valence-corrected chi connectivity index (χ2v) is 3.93. The van der Waals surface area contributed by atoms with Crippen molar-refractivity contribution in [3.8, 4) is 0 Å². The maximum atomic E-state index is 9.55. The standard InChI is InChI=1S/C12H19NO/c1-8-4-5-11(6-9(8)2)12(7-13)10(3)14/h4-6,10,12,14H,7,13H2,1-3H3. The van der Waals surface area contributed by atoms with E-state index in [0.29, 0.717) is 6.54 Å². The van der Waals surface area contributed by atoms with Gasteiger partial charge in [0.05, 0.1) is 6.10 Å². The highest BCUT2D eigenvalue weighted by atomic mass is 16.3. The Labute approximate surface area is 85.8 Å². The van der Waals surface area contributed by atoms with Gasteiger partial charge in [-0.25, -0.2) is 0 Å². The Morgan fingerprint density at radius 2 is 1.93 bits per heavy atom. The molecule has 14 heavy (non-hydrogen) atoms. The third-order valence-electron chi connectivity index (χ3n) is 2.80. The first-order chi connectivity index (χ1) is 6.56. The van der Waals surface area contributed by atoms with E-state index in [4.69, 9.17) is 5.73 Å². The summed E-state index contributed by atoms with van der Waals surface area (Å²) in [6, 6.07) is 6.24. The van der Waals surface area contributed by atoms with Gasteiger partial charge in [-0.3, -0.25) is 0 Å². The molecule has 0 amide bonds. The molecule has 1 aromatic rings. The molecule has 3 N–H and O–H groups in total. The van der Waals surface area contributed by atoms with Crippen LogP contribution in [0.25, 0.3) is 0 Å². The molecule has 0 aliphatic carbocycles. The van der Waals surface area contributed by atoms with Gasteiger partial charge in [-0.2, -0.15) is 0 Å². The van der Waals surface area contributed by atoms with Crippen LogP contribution in [-0.2, 0) is 0 Å². The van der Waals surface area contributed by atoms with Crippen molar-refractivity contribution in [1.29, 1.82) is 0 Å². The lowest BCUT2D eigenvalue weighted by molar-refractivity contribution is 0.164. The van der Waals surface area contributed by atoms with Crippen molar-refractivity contribution >= 4 is 0 Å². The molecule has 78 valence electrons. The molecule has 2 unspecified atom stereocenters. The summed E-state index contributed by atoms with van der Waals surface area (Å²) in [5.74, 6) is 0.0503. The minimum absolute atomic E-state index is 0.0503. The normalized spacial score (nSPS) is 15.2. The molecule has 0 fully saturated rings. The molecule has 0 aliphatic rings. The van der Waals surface area contributed by atoms with Crippen LogP contribution in [0.15, 0.2) is 18.2 Å². The van der Waals surface area contributed by atoms with Crippen molar-refractivity contribution < 1.29 is 5.11 Å². The Morgan fingerprint density at radius 3 is 2.36 bits per heavy atom. The van der Waals surface area contributed by atoms with Gasteiger partial charge < -0.3 is 10.8 Å². The average molecular weight is 193 g/mol. The Balaban J connectivity index is 3.00. The van der Waals surface area contributed by atoms with Gasteiger partial charge in [0.25, 0.3) is 0 Å². The molecule has 0 saturated carbocycles. The summed E-state index contributed by atoms with van der Waals surface area (Å²) < 4.78 is 0. The first-order valence-electron chi connectivity index (χ1n) is 5.01. The van der Waals surface area contributed by atoms with Crippen molar-refractivity contribution in [3.05, 3.63) is 34.9 Å².